The molecule has 0 fully saturated rings. The van der Waals surface area contributed by atoms with Crippen molar-refractivity contribution in [2.75, 3.05) is 13.2 Å². The van der Waals surface area contributed by atoms with Crippen molar-refractivity contribution in [3.63, 3.8) is 0 Å². The Labute approximate surface area is 101 Å². The number of rotatable bonds is 8. The van der Waals surface area contributed by atoms with E-state index in [2.05, 4.69) is 34.6 Å². The predicted octanol–water partition coefficient (Wildman–Crippen LogP) is 4.34. The maximum atomic E-state index is 6.15. The van der Waals surface area contributed by atoms with Gasteiger partial charge in [-0.3, -0.25) is 0 Å². The van der Waals surface area contributed by atoms with E-state index < -0.39 is 0 Å². The largest absolute Gasteiger partial charge is 0.381 e. The van der Waals surface area contributed by atoms with Gasteiger partial charge in [-0.15, -0.1) is 11.6 Å². The Balaban J connectivity index is 3.55. The van der Waals surface area contributed by atoms with Gasteiger partial charge in [0.05, 0.1) is 0 Å². The Morgan fingerprint density at radius 1 is 0.933 bits per heavy atom. The molecule has 0 N–H and O–H groups in total. The third-order valence-corrected chi connectivity index (χ3v) is 3.20. The normalized spacial score (nSPS) is 16.0. The highest BCUT2D eigenvalue weighted by atomic mass is 35.5. The maximum Gasteiger partial charge on any atom is 0.0469 e. The summed E-state index contributed by atoms with van der Waals surface area (Å²) >= 11 is 6.15. The summed E-state index contributed by atoms with van der Waals surface area (Å²) < 4.78 is 5.62. The molecular weight excluding hydrogens is 208 g/mol. The molecule has 15 heavy (non-hydrogen) atoms. The first-order valence-corrected chi connectivity index (χ1v) is 6.60. The molecular formula is C13H27ClO. The van der Waals surface area contributed by atoms with E-state index in [1.807, 2.05) is 0 Å². The third-order valence-electron chi connectivity index (χ3n) is 2.88. The second-order valence-corrected chi connectivity index (χ2v) is 5.86. The smallest absolute Gasteiger partial charge is 0.0469 e. The van der Waals surface area contributed by atoms with Crippen molar-refractivity contribution in [1.29, 1.82) is 0 Å². The molecule has 0 radical (unpaired) electrons. The summed E-state index contributed by atoms with van der Waals surface area (Å²) in [6.45, 7) is 12.7. The summed E-state index contributed by atoms with van der Waals surface area (Å²) in [5.74, 6) is 1.95. The van der Waals surface area contributed by atoms with E-state index in [0.717, 1.165) is 32.0 Å². The Hall–Kier alpha value is 0.250. The number of halogens is 1. The summed E-state index contributed by atoms with van der Waals surface area (Å²) in [6.07, 6.45) is 2.24. The Morgan fingerprint density at radius 2 is 1.47 bits per heavy atom. The van der Waals surface area contributed by atoms with Gasteiger partial charge < -0.3 is 4.74 Å². The van der Waals surface area contributed by atoms with Crippen LogP contribution in [0.15, 0.2) is 0 Å². The average molecular weight is 235 g/mol. The van der Waals surface area contributed by atoms with Crippen molar-refractivity contribution in [1.82, 2.24) is 0 Å². The van der Waals surface area contributed by atoms with Crippen LogP contribution in [0.25, 0.3) is 0 Å². The van der Waals surface area contributed by atoms with Crippen LogP contribution in [0.4, 0.5) is 0 Å². The lowest BCUT2D eigenvalue weighted by Crippen LogP contribution is -2.20. The van der Waals surface area contributed by atoms with Crippen LogP contribution in [0.2, 0.25) is 0 Å². The van der Waals surface area contributed by atoms with Crippen molar-refractivity contribution >= 4 is 11.6 Å². The first kappa shape index (κ1) is 15.2. The van der Waals surface area contributed by atoms with Crippen LogP contribution < -0.4 is 0 Å². The Bertz CT molecular complexity index is 135. The molecule has 0 aliphatic heterocycles. The molecule has 1 nitrogen and oxygen atoms in total. The molecule has 0 spiro atoms. The minimum Gasteiger partial charge on any atom is -0.381 e. The van der Waals surface area contributed by atoms with E-state index in [0.29, 0.717) is 11.8 Å². The monoisotopic (exact) mass is 234 g/mol. The maximum absolute atomic E-state index is 6.15. The summed E-state index contributed by atoms with van der Waals surface area (Å²) in [4.78, 5) is 0. The first-order chi connectivity index (χ1) is 6.95. The number of hydrogen-bond acceptors (Lipinski definition) is 1. The highest BCUT2D eigenvalue weighted by Crippen LogP contribution is 2.23. The van der Waals surface area contributed by atoms with E-state index in [1.54, 1.807) is 0 Å². The molecule has 0 aromatic rings. The first-order valence-electron chi connectivity index (χ1n) is 6.17. The van der Waals surface area contributed by atoms with Gasteiger partial charge in [0.2, 0.25) is 0 Å². The van der Waals surface area contributed by atoms with Crippen LogP contribution in [0, 0.1) is 17.8 Å². The fourth-order valence-corrected chi connectivity index (χ4v) is 2.15. The van der Waals surface area contributed by atoms with Crippen molar-refractivity contribution < 1.29 is 4.74 Å². The summed E-state index contributed by atoms with van der Waals surface area (Å²) in [6, 6.07) is 0. The zero-order chi connectivity index (χ0) is 11.8. The van der Waals surface area contributed by atoms with Crippen molar-refractivity contribution in [3.05, 3.63) is 0 Å². The van der Waals surface area contributed by atoms with Crippen molar-refractivity contribution in [2.24, 2.45) is 17.8 Å². The van der Waals surface area contributed by atoms with Crippen molar-refractivity contribution in [3.8, 4) is 0 Å². The van der Waals surface area contributed by atoms with Crippen LogP contribution in [0.1, 0.15) is 47.5 Å². The van der Waals surface area contributed by atoms with Crippen LogP contribution in [-0.4, -0.2) is 18.6 Å². The summed E-state index contributed by atoms with van der Waals surface area (Å²) in [7, 11) is 0. The van der Waals surface area contributed by atoms with Crippen molar-refractivity contribution in [2.45, 2.75) is 52.8 Å². The van der Waals surface area contributed by atoms with Crippen LogP contribution in [0.3, 0.4) is 0 Å². The minimum absolute atomic E-state index is 0.249. The second-order valence-electron chi connectivity index (χ2n) is 5.17. The Morgan fingerprint density at radius 3 is 1.87 bits per heavy atom. The molecule has 0 bridgehead atoms. The molecule has 0 aromatic heterocycles. The lowest BCUT2D eigenvalue weighted by Gasteiger charge is -2.23. The van der Waals surface area contributed by atoms with Gasteiger partial charge in [0.25, 0.3) is 0 Å². The summed E-state index contributed by atoms with van der Waals surface area (Å²) in [5.41, 5.74) is 0. The van der Waals surface area contributed by atoms with Gasteiger partial charge in [-0.1, -0.05) is 27.7 Å². The molecule has 0 aromatic carbocycles. The second kappa shape index (κ2) is 8.41. The molecule has 0 amide bonds. The molecule has 0 heterocycles. The average Bonchev–Trinajstić information content (AvgIpc) is 2.08. The van der Waals surface area contributed by atoms with E-state index in [-0.39, 0.29) is 5.38 Å². The molecule has 0 saturated heterocycles. The zero-order valence-electron chi connectivity index (χ0n) is 10.9. The zero-order valence-corrected chi connectivity index (χ0v) is 11.7. The fraction of sp³-hybridized carbons (Fsp3) is 1.00. The SMILES string of the molecule is CC(C)CCOCCC(C(C)C)C(C)Cl. The molecule has 2 unspecified atom stereocenters. The molecule has 2 heteroatoms. The lowest BCUT2D eigenvalue weighted by atomic mass is 9.90. The minimum atomic E-state index is 0.249. The van der Waals surface area contributed by atoms with Gasteiger partial charge in [-0.05, 0) is 37.5 Å². The van der Waals surface area contributed by atoms with E-state index in [9.17, 15) is 0 Å². The predicted molar refractivity (Wildman–Crippen MR) is 68.5 cm³/mol. The van der Waals surface area contributed by atoms with Crippen LogP contribution in [0.5, 0.6) is 0 Å². The van der Waals surface area contributed by atoms with Gasteiger partial charge in [0.15, 0.2) is 0 Å². The van der Waals surface area contributed by atoms with E-state index >= 15 is 0 Å². The van der Waals surface area contributed by atoms with Crippen LogP contribution in [-0.2, 0) is 4.74 Å². The highest BCUT2D eigenvalue weighted by molar-refractivity contribution is 6.20. The van der Waals surface area contributed by atoms with E-state index in [1.165, 1.54) is 0 Å². The van der Waals surface area contributed by atoms with E-state index in [4.69, 9.17) is 16.3 Å². The lowest BCUT2D eigenvalue weighted by molar-refractivity contribution is 0.104. The number of hydrogen-bond donors (Lipinski definition) is 0. The molecule has 0 rings (SSSR count). The molecule has 0 aliphatic rings. The van der Waals surface area contributed by atoms with Gasteiger partial charge in [-0.25, -0.2) is 0 Å². The molecule has 92 valence electrons. The quantitative estimate of drug-likeness (QED) is 0.449. The van der Waals surface area contributed by atoms with Gasteiger partial charge in [0.1, 0.15) is 0 Å². The fourth-order valence-electron chi connectivity index (χ4n) is 1.73. The molecule has 2 atom stereocenters. The summed E-state index contributed by atoms with van der Waals surface area (Å²) in [5, 5.41) is 0.249. The number of ether oxygens (including phenoxy) is 1. The molecule has 0 aliphatic carbocycles. The van der Waals surface area contributed by atoms with Gasteiger partial charge in [0, 0.05) is 18.6 Å². The highest BCUT2D eigenvalue weighted by Gasteiger charge is 2.18. The number of alkyl halides is 1. The van der Waals surface area contributed by atoms with Gasteiger partial charge >= 0.3 is 0 Å². The standard InChI is InChI=1S/C13H27ClO/c1-10(2)6-8-15-9-7-13(11(3)4)12(5)14/h10-13H,6-9H2,1-5H3. The van der Waals surface area contributed by atoms with Gasteiger partial charge in [-0.2, -0.15) is 0 Å². The Kier molecular flexibility index (Phi) is 8.55. The molecule has 0 saturated carbocycles. The third kappa shape index (κ3) is 8.10. The van der Waals surface area contributed by atoms with Crippen LogP contribution >= 0.6 is 11.6 Å². The topological polar surface area (TPSA) is 9.23 Å².